The molecule has 0 N–H and O–H groups in total. The Hall–Kier alpha value is -1.41. The molecule has 152 valence electrons. The van der Waals surface area contributed by atoms with Crippen LogP contribution >= 0.6 is 0 Å². The third-order valence-electron chi connectivity index (χ3n) is 5.10. The molecule has 1 aromatic heterocycles. The van der Waals surface area contributed by atoms with Gasteiger partial charge < -0.3 is 14.4 Å². The van der Waals surface area contributed by atoms with Crippen molar-refractivity contribution in [1.82, 2.24) is 14.9 Å². The lowest BCUT2D eigenvalue weighted by molar-refractivity contribution is -0.141. The molecule has 8 heteroatoms. The summed E-state index contributed by atoms with van der Waals surface area (Å²) in [7, 11) is 0. The van der Waals surface area contributed by atoms with Gasteiger partial charge in [-0.15, -0.1) is 0 Å². The first-order valence-electron chi connectivity index (χ1n) is 9.43. The molecule has 0 aromatic carbocycles. The van der Waals surface area contributed by atoms with Crippen molar-refractivity contribution >= 4 is 0 Å². The van der Waals surface area contributed by atoms with E-state index in [0.29, 0.717) is 12.5 Å². The first kappa shape index (κ1) is 20.3. The molecule has 1 saturated carbocycles. The predicted octanol–water partition coefficient (Wildman–Crippen LogP) is 3.79. The van der Waals surface area contributed by atoms with E-state index in [4.69, 9.17) is 9.47 Å². The van der Waals surface area contributed by atoms with E-state index in [9.17, 15) is 13.2 Å². The van der Waals surface area contributed by atoms with Crippen molar-refractivity contribution < 1.29 is 22.6 Å². The molecule has 1 saturated heterocycles. The summed E-state index contributed by atoms with van der Waals surface area (Å²) in [6.45, 7) is 10.3. The third kappa shape index (κ3) is 6.04. The second kappa shape index (κ2) is 7.54. The monoisotopic (exact) mass is 387 g/mol. The molecule has 2 aliphatic rings. The van der Waals surface area contributed by atoms with Crippen molar-refractivity contribution in [3.05, 3.63) is 18.1 Å². The first-order chi connectivity index (χ1) is 12.5. The number of aromatic nitrogens is 2. The molecule has 0 radical (unpaired) electrons. The van der Waals surface area contributed by atoms with Crippen LogP contribution in [0.15, 0.2) is 12.4 Å². The molecule has 0 spiro atoms. The van der Waals surface area contributed by atoms with Gasteiger partial charge in [0.15, 0.2) is 5.69 Å². The lowest BCUT2D eigenvalue weighted by Gasteiger charge is -2.27. The zero-order chi connectivity index (χ0) is 19.7. The highest BCUT2D eigenvalue weighted by molar-refractivity contribution is 5.15. The molecule has 27 heavy (non-hydrogen) atoms. The Bertz CT molecular complexity index is 642. The summed E-state index contributed by atoms with van der Waals surface area (Å²) in [5.74, 6) is 0.279. The van der Waals surface area contributed by atoms with Crippen LogP contribution in [-0.2, 0) is 10.9 Å². The van der Waals surface area contributed by atoms with Crippen molar-refractivity contribution in [2.75, 3.05) is 32.8 Å². The summed E-state index contributed by atoms with van der Waals surface area (Å²) in [4.78, 5) is 9.46. The topological polar surface area (TPSA) is 47.5 Å². The SMILES string of the molecule is CC(C)(C)OCC1(CN2CC[C@@H](COc3cc(C(F)(F)F)ncn3)C2)CC1. The second-order valence-corrected chi connectivity index (χ2v) is 8.84. The van der Waals surface area contributed by atoms with Gasteiger partial charge in [0.25, 0.3) is 0 Å². The Morgan fingerprint density at radius 3 is 2.59 bits per heavy atom. The number of nitrogens with zero attached hydrogens (tertiary/aromatic N) is 3. The van der Waals surface area contributed by atoms with E-state index in [1.807, 2.05) is 0 Å². The van der Waals surface area contributed by atoms with Gasteiger partial charge in [-0.25, -0.2) is 9.97 Å². The second-order valence-electron chi connectivity index (χ2n) is 8.84. The molecule has 0 unspecified atom stereocenters. The highest BCUT2D eigenvalue weighted by Gasteiger charge is 2.45. The minimum atomic E-state index is -4.49. The van der Waals surface area contributed by atoms with E-state index in [-0.39, 0.29) is 16.9 Å². The van der Waals surface area contributed by atoms with Crippen LogP contribution in [0.2, 0.25) is 0 Å². The molecular formula is C19H28F3N3O2. The van der Waals surface area contributed by atoms with E-state index in [0.717, 1.165) is 45.1 Å². The highest BCUT2D eigenvalue weighted by atomic mass is 19.4. The molecule has 2 heterocycles. The van der Waals surface area contributed by atoms with Gasteiger partial charge in [-0.1, -0.05) is 0 Å². The third-order valence-corrected chi connectivity index (χ3v) is 5.10. The Morgan fingerprint density at radius 2 is 1.96 bits per heavy atom. The predicted molar refractivity (Wildman–Crippen MR) is 94.4 cm³/mol. The van der Waals surface area contributed by atoms with Gasteiger partial charge >= 0.3 is 6.18 Å². The van der Waals surface area contributed by atoms with Gasteiger partial charge in [0.05, 0.1) is 18.8 Å². The molecule has 0 bridgehead atoms. The summed E-state index contributed by atoms with van der Waals surface area (Å²) in [6.07, 6.45) is -0.221. The fourth-order valence-corrected chi connectivity index (χ4v) is 3.34. The summed E-state index contributed by atoms with van der Waals surface area (Å²) in [5, 5.41) is 0. The van der Waals surface area contributed by atoms with Crippen molar-refractivity contribution in [2.45, 2.75) is 51.8 Å². The number of hydrogen-bond donors (Lipinski definition) is 0. The highest BCUT2D eigenvalue weighted by Crippen LogP contribution is 2.47. The lowest BCUT2D eigenvalue weighted by Crippen LogP contribution is -2.34. The molecule has 5 nitrogen and oxygen atoms in total. The van der Waals surface area contributed by atoms with Gasteiger partial charge in [-0.3, -0.25) is 0 Å². The minimum Gasteiger partial charge on any atom is -0.477 e. The number of halogens is 3. The molecule has 1 atom stereocenters. The number of hydrogen-bond acceptors (Lipinski definition) is 5. The van der Waals surface area contributed by atoms with E-state index in [1.54, 1.807) is 0 Å². The van der Waals surface area contributed by atoms with Crippen LogP contribution in [-0.4, -0.2) is 53.3 Å². The van der Waals surface area contributed by atoms with Crippen LogP contribution < -0.4 is 4.74 Å². The van der Waals surface area contributed by atoms with Gasteiger partial charge in [-0.2, -0.15) is 13.2 Å². The fraction of sp³-hybridized carbons (Fsp3) is 0.789. The number of alkyl halides is 3. The fourth-order valence-electron chi connectivity index (χ4n) is 3.34. The van der Waals surface area contributed by atoms with E-state index < -0.39 is 11.9 Å². The van der Waals surface area contributed by atoms with Crippen LogP contribution in [0, 0.1) is 11.3 Å². The van der Waals surface area contributed by atoms with Gasteiger partial charge in [0.2, 0.25) is 5.88 Å². The molecule has 3 rings (SSSR count). The maximum absolute atomic E-state index is 12.7. The first-order valence-corrected chi connectivity index (χ1v) is 9.43. The zero-order valence-electron chi connectivity index (χ0n) is 16.2. The summed E-state index contributed by atoms with van der Waals surface area (Å²) in [6, 6.07) is 0.857. The summed E-state index contributed by atoms with van der Waals surface area (Å²) in [5.41, 5.74) is -0.823. The van der Waals surface area contributed by atoms with Crippen molar-refractivity contribution in [1.29, 1.82) is 0 Å². The van der Waals surface area contributed by atoms with E-state index in [2.05, 4.69) is 35.6 Å². The molecular weight excluding hydrogens is 359 g/mol. The standard InChI is InChI=1S/C19H28F3N3O2/c1-17(2,3)27-12-18(5-6-18)11-25-7-4-14(9-25)10-26-16-8-15(19(20,21)22)23-13-24-16/h8,13-14H,4-7,9-12H2,1-3H3/t14-/m1/s1. The normalized spacial score (nSPS) is 22.8. The summed E-state index contributed by atoms with van der Waals surface area (Å²) >= 11 is 0. The Kier molecular flexibility index (Phi) is 5.68. The van der Waals surface area contributed by atoms with E-state index >= 15 is 0 Å². The van der Waals surface area contributed by atoms with Gasteiger partial charge in [0.1, 0.15) is 6.33 Å². The Labute approximate surface area is 158 Å². The average Bonchev–Trinajstić information content (AvgIpc) is 3.19. The van der Waals surface area contributed by atoms with Crippen LogP contribution in [0.1, 0.15) is 45.7 Å². The zero-order valence-corrected chi connectivity index (χ0v) is 16.2. The number of rotatable bonds is 7. The van der Waals surface area contributed by atoms with Crippen molar-refractivity contribution in [3.8, 4) is 5.88 Å². The number of ether oxygens (including phenoxy) is 2. The average molecular weight is 387 g/mol. The molecule has 2 fully saturated rings. The Balaban J connectivity index is 1.44. The van der Waals surface area contributed by atoms with E-state index in [1.165, 1.54) is 12.8 Å². The van der Waals surface area contributed by atoms with Crippen LogP contribution in [0.5, 0.6) is 5.88 Å². The maximum Gasteiger partial charge on any atom is 0.433 e. The summed E-state index contributed by atoms with van der Waals surface area (Å²) < 4.78 is 49.6. The quantitative estimate of drug-likeness (QED) is 0.712. The van der Waals surface area contributed by atoms with Crippen LogP contribution in [0.4, 0.5) is 13.2 Å². The molecule has 1 aliphatic heterocycles. The van der Waals surface area contributed by atoms with Gasteiger partial charge in [0, 0.05) is 30.5 Å². The van der Waals surface area contributed by atoms with Crippen LogP contribution in [0.25, 0.3) is 0 Å². The molecule has 1 aliphatic carbocycles. The molecule has 0 amide bonds. The maximum atomic E-state index is 12.7. The van der Waals surface area contributed by atoms with Crippen molar-refractivity contribution in [3.63, 3.8) is 0 Å². The number of likely N-dealkylation sites (tertiary alicyclic amines) is 1. The lowest BCUT2D eigenvalue weighted by atomic mass is 10.1. The largest absolute Gasteiger partial charge is 0.477 e. The Morgan fingerprint density at radius 1 is 1.22 bits per heavy atom. The van der Waals surface area contributed by atoms with Crippen molar-refractivity contribution in [2.24, 2.45) is 11.3 Å². The minimum absolute atomic E-state index is 0.0204. The van der Waals surface area contributed by atoms with Crippen LogP contribution in [0.3, 0.4) is 0 Å². The smallest absolute Gasteiger partial charge is 0.433 e. The molecule has 1 aromatic rings. The van der Waals surface area contributed by atoms with Gasteiger partial charge in [-0.05, 0) is 46.6 Å².